The van der Waals surface area contributed by atoms with Crippen molar-refractivity contribution in [2.45, 2.75) is 30.4 Å². The van der Waals surface area contributed by atoms with Gasteiger partial charge in [-0.3, -0.25) is 0 Å². The fraction of sp³-hybridized carbons (Fsp3) is 0.250. The van der Waals surface area contributed by atoms with Crippen LogP contribution in [0.2, 0.25) is 0 Å². The number of carbonyl (C=O) groups excluding carboxylic acids is 1. The number of hydrogen-bond acceptors (Lipinski definition) is 4. The SMILES string of the molecule is O=C(NCc1ccc(Cn2cncn2)cc1)N[C@H]1CCSc2ccc(F)cc21. The van der Waals surface area contributed by atoms with Crippen LogP contribution in [0.1, 0.15) is 29.2 Å². The third-order valence-corrected chi connectivity index (χ3v) is 5.73. The van der Waals surface area contributed by atoms with Crippen molar-refractivity contribution in [2.24, 2.45) is 0 Å². The lowest BCUT2D eigenvalue weighted by molar-refractivity contribution is 0.236. The molecule has 0 saturated carbocycles. The first-order valence-electron chi connectivity index (χ1n) is 9.04. The highest BCUT2D eigenvalue weighted by atomic mass is 32.2. The maximum atomic E-state index is 13.6. The van der Waals surface area contributed by atoms with Gasteiger partial charge in [-0.25, -0.2) is 18.9 Å². The molecule has 8 heteroatoms. The van der Waals surface area contributed by atoms with Crippen molar-refractivity contribution in [2.75, 3.05) is 5.75 Å². The zero-order valence-corrected chi connectivity index (χ0v) is 16.0. The summed E-state index contributed by atoms with van der Waals surface area (Å²) in [4.78, 5) is 17.3. The van der Waals surface area contributed by atoms with Crippen molar-refractivity contribution < 1.29 is 9.18 Å². The number of fused-ring (bicyclic) bond motifs is 1. The van der Waals surface area contributed by atoms with Gasteiger partial charge in [0.15, 0.2) is 0 Å². The highest BCUT2D eigenvalue weighted by Crippen LogP contribution is 2.36. The Kier molecular flexibility index (Phi) is 5.57. The number of aromatic nitrogens is 3. The Morgan fingerprint density at radius 1 is 1.21 bits per heavy atom. The number of benzene rings is 2. The van der Waals surface area contributed by atoms with Crippen LogP contribution in [0, 0.1) is 5.82 Å². The average molecular weight is 397 g/mol. The summed E-state index contributed by atoms with van der Waals surface area (Å²) in [6.07, 6.45) is 3.97. The lowest BCUT2D eigenvalue weighted by Gasteiger charge is -2.26. The molecule has 0 saturated heterocycles. The Balaban J connectivity index is 1.31. The van der Waals surface area contributed by atoms with Crippen LogP contribution >= 0.6 is 11.8 Å². The highest BCUT2D eigenvalue weighted by molar-refractivity contribution is 7.99. The maximum Gasteiger partial charge on any atom is 0.315 e. The quantitative estimate of drug-likeness (QED) is 0.691. The van der Waals surface area contributed by atoms with E-state index in [1.807, 2.05) is 24.3 Å². The molecule has 144 valence electrons. The van der Waals surface area contributed by atoms with Crippen molar-refractivity contribution in [1.82, 2.24) is 25.4 Å². The van der Waals surface area contributed by atoms with Crippen LogP contribution in [0.5, 0.6) is 0 Å². The molecule has 2 heterocycles. The van der Waals surface area contributed by atoms with Gasteiger partial charge in [-0.2, -0.15) is 5.10 Å². The summed E-state index contributed by atoms with van der Waals surface area (Å²) >= 11 is 1.69. The number of hydrogen-bond donors (Lipinski definition) is 2. The monoisotopic (exact) mass is 397 g/mol. The van der Waals surface area contributed by atoms with E-state index >= 15 is 0 Å². The van der Waals surface area contributed by atoms with Crippen molar-refractivity contribution in [3.8, 4) is 0 Å². The van der Waals surface area contributed by atoms with E-state index in [2.05, 4.69) is 20.7 Å². The molecule has 0 spiro atoms. The minimum atomic E-state index is -0.278. The van der Waals surface area contributed by atoms with Crippen LogP contribution in [-0.4, -0.2) is 26.5 Å². The summed E-state index contributed by atoms with van der Waals surface area (Å²) in [5.41, 5.74) is 2.96. The van der Waals surface area contributed by atoms with Crippen LogP contribution in [-0.2, 0) is 13.1 Å². The molecule has 1 aliphatic heterocycles. The first-order chi connectivity index (χ1) is 13.7. The third-order valence-electron chi connectivity index (χ3n) is 4.60. The van der Waals surface area contributed by atoms with Crippen molar-refractivity contribution in [3.05, 3.63) is 77.6 Å². The second-order valence-corrected chi connectivity index (χ2v) is 7.75. The van der Waals surface area contributed by atoms with Gasteiger partial charge in [-0.15, -0.1) is 11.8 Å². The van der Waals surface area contributed by atoms with Gasteiger partial charge in [0.25, 0.3) is 0 Å². The predicted molar refractivity (Wildman–Crippen MR) is 105 cm³/mol. The van der Waals surface area contributed by atoms with Crippen LogP contribution < -0.4 is 10.6 Å². The number of halogens is 1. The Hall–Kier alpha value is -2.87. The van der Waals surface area contributed by atoms with Crippen molar-refractivity contribution >= 4 is 17.8 Å². The van der Waals surface area contributed by atoms with Gasteiger partial charge in [0.2, 0.25) is 0 Å². The predicted octanol–water partition coefficient (Wildman–Crippen LogP) is 3.50. The Morgan fingerprint density at radius 3 is 2.82 bits per heavy atom. The van der Waals surface area contributed by atoms with E-state index < -0.39 is 0 Å². The molecule has 28 heavy (non-hydrogen) atoms. The normalized spacial score (nSPS) is 15.7. The largest absolute Gasteiger partial charge is 0.334 e. The lowest BCUT2D eigenvalue weighted by atomic mass is 10.0. The molecule has 2 amide bonds. The number of amides is 2. The van der Waals surface area contributed by atoms with E-state index in [4.69, 9.17) is 0 Å². The standard InChI is InChI=1S/C20H20FN5OS/c21-16-5-6-19-17(9-16)18(7-8-28-19)25-20(27)23-10-14-1-3-15(4-2-14)11-26-13-22-12-24-26/h1-6,9,12-13,18H,7-8,10-11H2,(H2,23,25,27)/t18-/m0/s1. The highest BCUT2D eigenvalue weighted by Gasteiger charge is 2.22. The molecular formula is C20H20FN5OS. The molecule has 1 aliphatic rings. The minimum Gasteiger partial charge on any atom is -0.334 e. The van der Waals surface area contributed by atoms with Crippen LogP contribution in [0.3, 0.4) is 0 Å². The van der Waals surface area contributed by atoms with Gasteiger partial charge in [-0.05, 0) is 41.3 Å². The molecule has 2 aromatic carbocycles. The van der Waals surface area contributed by atoms with Crippen LogP contribution in [0.4, 0.5) is 9.18 Å². The number of urea groups is 1. The van der Waals surface area contributed by atoms with Gasteiger partial charge in [0, 0.05) is 17.2 Å². The molecule has 0 bridgehead atoms. The second kappa shape index (κ2) is 8.43. The number of nitrogens with zero attached hydrogens (tertiary/aromatic N) is 3. The van der Waals surface area contributed by atoms with E-state index in [9.17, 15) is 9.18 Å². The first-order valence-corrected chi connectivity index (χ1v) is 10.0. The molecule has 0 radical (unpaired) electrons. The molecule has 1 atom stereocenters. The van der Waals surface area contributed by atoms with E-state index in [0.717, 1.165) is 33.8 Å². The maximum absolute atomic E-state index is 13.6. The van der Waals surface area contributed by atoms with Gasteiger partial charge >= 0.3 is 6.03 Å². The summed E-state index contributed by atoms with van der Waals surface area (Å²) in [5.74, 6) is 0.621. The number of nitrogens with one attached hydrogen (secondary N) is 2. The van der Waals surface area contributed by atoms with E-state index in [1.165, 1.54) is 18.5 Å². The summed E-state index contributed by atoms with van der Waals surface area (Å²) in [6.45, 7) is 1.08. The first kappa shape index (κ1) is 18.5. The molecule has 4 rings (SSSR count). The molecule has 6 nitrogen and oxygen atoms in total. The molecule has 1 aromatic heterocycles. The molecule has 3 aromatic rings. The van der Waals surface area contributed by atoms with Crippen molar-refractivity contribution in [1.29, 1.82) is 0 Å². The molecule has 2 N–H and O–H groups in total. The second-order valence-electron chi connectivity index (χ2n) is 6.61. The van der Waals surface area contributed by atoms with E-state index in [1.54, 1.807) is 28.8 Å². The number of carbonyl (C=O) groups is 1. The van der Waals surface area contributed by atoms with Gasteiger partial charge in [0.05, 0.1) is 12.6 Å². The van der Waals surface area contributed by atoms with Gasteiger partial charge in [0.1, 0.15) is 18.5 Å². The van der Waals surface area contributed by atoms with E-state index in [0.29, 0.717) is 13.1 Å². The molecular weight excluding hydrogens is 377 g/mol. The lowest BCUT2D eigenvalue weighted by Crippen LogP contribution is -2.38. The fourth-order valence-corrected chi connectivity index (χ4v) is 4.28. The minimum absolute atomic E-state index is 0.169. The Labute approximate surface area is 166 Å². The van der Waals surface area contributed by atoms with Crippen LogP contribution in [0.15, 0.2) is 60.0 Å². The zero-order chi connectivity index (χ0) is 19.3. The summed E-state index contributed by atoms with van der Waals surface area (Å²) in [6, 6.07) is 12.3. The smallest absolute Gasteiger partial charge is 0.315 e. The number of rotatable bonds is 5. The summed E-state index contributed by atoms with van der Waals surface area (Å²) in [7, 11) is 0. The Morgan fingerprint density at radius 2 is 2.04 bits per heavy atom. The van der Waals surface area contributed by atoms with Gasteiger partial charge in [-0.1, -0.05) is 24.3 Å². The summed E-state index contributed by atoms with van der Waals surface area (Å²) < 4.78 is 15.3. The van der Waals surface area contributed by atoms with Gasteiger partial charge < -0.3 is 10.6 Å². The summed E-state index contributed by atoms with van der Waals surface area (Å²) in [5, 5.41) is 9.93. The van der Waals surface area contributed by atoms with Crippen LogP contribution in [0.25, 0.3) is 0 Å². The zero-order valence-electron chi connectivity index (χ0n) is 15.1. The average Bonchev–Trinajstić information content (AvgIpc) is 3.21. The Bertz CT molecular complexity index is 946. The molecule has 0 fully saturated rings. The number of thioether (sulfide) groups is 1. The van der Waals surface area contributed by atoms with Crippen molar-refractivity contribution in [3.63, 3.8) is 0 Å². The fourth-order valence-electron chi connectivity index (χ4n) is 3.17. The topological polar surface area (TPSA) is 71.8 Å². The molecule has 0 unspecified atom stereocenters. The third kappa shape index (κ3) is 4.51. The van der Waals surface area contributed by atoms with E-state index in [-0.39, 0.29) is 17.9 Å². The molecule has 0 aliphatic carbocycles.